The smallest absolute Gasteiger partial charge is 0.129 e. The Bertz CT molecular complexity index is 497. The maximum absolute atomic E-state index is 13.2. The maximum Gasteiger partial charge on any atom is 0.129 e. The average molecular weight is 246 g/mol. The summed E-state index contributed by atoms with van der Waals surface area (Å²) in [4.78, 5) is 0. The minimum absolute atomic E-state index is 0.253. The van der Waals surface area contributed by atoms with Gasteiger partial charge in [0.05, 0.1) is 0 Å². The Morgan fingerprint density at radius 3 is 2.22 bits per heavy atom. The first kappa shape index (κ1) is 12.4. The number of para-hydroxylation sites is 1. The third-order valence-corrected chi connectivity index (χ3v) is 2.51. The fraction of sp³-hybridized carbons (Fsp3) is 0.200. The molecule has 0 amide bonds. The largest absolute Gasteiger partial charge is 0.490 e. The van der Waals surface area contributed by atoms with Crippen LogP contribution in [0.3, 0.4) is 0 Å². The van der Waals surface area contributed by atoms with E-state index in [1.807, 2.05) is 30.3 Å². The number of hydrogen-bond acceptors (Lipinski definition) is 2. The Kier molecular flexibility index (Phi) is 4.18. The van der Waals surface area contributed by atoms with Gasteiger partial charge in [0.2, 0.25) is 0 Å². The molecule has 18 heavy (non-hydrogen) atoms. The Balaban J connectivity index is 1.77. The molecule has 0 aliphatic carbocycles. The molecule has 0 aromatic heterocycles. The normalized spacial score (nSPS) is 10.1. The molecule has 0 fully saturated rings. The lowest BCUT2D eigenvalue weighted by molar-refractivity contribution is 0.216. The van der Waals surface area contributed by atoms with E-state index in [-0.39, 0.29) is 5.82 Å². The number of aryl methyl sites for hydroxylation is 1. The lowest BCUT2D eigenvalue weighted by Crippen LogP contribution is -2.09. The zero-order chi connectivity index (χ0) is 12.8. The average Bonchev–Trinajstić information content (AvgIpc) is 2.40. The van der Waals surface area contributed by atoms with Crippen LogP contribution in [0.1, 0.15) is 5.56 Å². The van der Waals surface area contributed by atoms with E-state index in [2.05, 4.69) is 0 Å². The fourth-order valence-electron chi connectivity index (χ4n) is 1.50. The van der Waals surface area contributed by atoms with Gasteiger partial charge < -0.3 is 9.47 Å². The van der Waals surface area contributed by atoms with E-state index in [1.54, 1.807) is 19.1 Å². The van der Waals surface area contributed by atoms with Crippen LogP contribution in [-0.2, 0) is 0 Å². The molecule has 2 aromatic carbocycles. The molecule has 0 unspecified atom stereocenters. The van der Waals surface area contributed by atoms with E-state index in [0.29, 0.717) is 24.5 Å². The summed E-state index contributed by atoms with van der Waals surface area (Å²) >= 11 is 0. The monoisotopic (exact) mass is 246 g/mol. The molecule has 0 aliphatic heterocycles. The zero-order valence-corrected chi connectivity index (χ0v) is 10.2. The Morgan fingerprint density at radius 2 is 1.56 bits per heavy atom. The number of benzene rings is 2. The van der Waals surface area contributed by atoms with Crippen molar-refractivity contribution in [1.29, 1.82) is 0 Å². The number of ether oxygens (including phenoxy) is 2. The second-order valence-electron chi connectivity index (χ2n) is 3.92. The molecule has 0 heterocycles. The molecule has 0 aliphatic rings. The minimum Gasteiger partial charge on any atom is -0.490 e. The third kappa shape index (κ3) is 3.48. The molecule has 0 saturated carbocycles. The lowest BCUT2D eigenvalue weighted by Gasteiger charge is -2.08. The summed E-state index contributed by atoms with van der Waals surface area (Å²) in [7, 11) is 0. The molecule has 94 valence electrons. The molecule has 0 bridgehead atoms. The number of halogens is 1. The molecule has 2 rings (SSSR count). The number of rotatable bonds is 5. The highest BCUT2D eigenvalue weighted by Gasteiger charge is 2.00. The van der Waals surface area contributed by atoms with Crippen LogP contribution < -0.4 is 9.47 Å². The zero-order valence-electron chi connectivity index (χ0n) is 10.2. The Hall–Kier alpha value is -2.03. The van der Waals surface area contributed by atoms with Crippen LogP contribution in [0.5, 0.6) is 11.5 Å². The van der Waals surface area contributed by atoms with E-state index in [0.717, 1.165) is 5.75 Å². The third-order valence-electron chi connectivity index (χ3n) is 2.51. The van der Waals surface area contributed by atoms with Gasteiger partial charge in [-0.2, -0.15) is 0 Å². The van der Waals surface area contributed by atoms with Gasteiger partial charge in [-0.25, -0.2) is 4.39 Å². The molecular weight excluding hydrogens is 231 g/mol. The second-order valence-corrected chi connectivity index (χ2v) is 3.92. The van der Waals surface area contributed by atoms with Gasteiger partial charge >= 0.3 is 0 Å². The van der Waals surface area contributed by atoms with Crippen molar-refractivity contribution >= 4 is 0 Å². The summed E-state index contributed by atoms with van der Waals surface area (Å²) in [6.45, 7) is 2.54. The molecule has 0 N–H and O–H groups in total. The van der Waals surface area contributed by atoms with Gasteiger partial charge in [0.1, 0.15) is 30.5 Å². The maximum atomic E-state index is 13.2. The van der Waals surface area contributed by atoms with Gasteiger partial charge in [-0.15, -0.1) is 0 Å². The van der Waals surface area contributed by atoms with Crippen molar-refractivity contribution in [2.24, 2.45) is 0 Å². The van der Waals surface area contributed by atoms with Crippen LogP contribution in [0.25, 0.3) is 0 Å². The van der Waals surface area contributed by atoms with Crippen LogP contribution in [0, 0.1) is 12.7 Å². The summed E-state index contributed by atoms with van der Waals surface area (Å²) < 4.78 is 24.1. The van der Waals surface area contributed by atoms with Gasteiger partial charge in [-0.1, -0.05) is 24.3 Å². The molecule has 2 nitrogen and oxygen atoms in total. The summed E-state index contributed by atoms with van der Waals surface area (Å²) in [6.07, 6.45) is 0. The molecule has 2 aromatic rings. The van der Waals surface area contributed by atoms with Gasteiger partial charge in [0.25, 0.3) is 0 Å². The Morgan fingerprint density at radius 1 is 0.889 bits per heavy atom. The first-order chi connectivity index (χ1) is 8.75. The summed E-state index contributed by atoms with van der Waals surface area (Å²) in [5.41, 5.74) is 0.614. The standard InChI is InChI=1S/C15H15FO2/c1-12-7-8-14(11-15(12)16)18-10-9-17-13-5-3-2-4-6-13/h2-8,11H,9-10H2,1H3. The van der Waals surface area contributed by atoms with E-state index in [1.165, 1.54) is 6.07 Å². The van der Waals surface area contributed by atoms with Crippen LogP contribution in [0.15, 0.2) is 48.5 Å². The van der Waals surface area contributed by atoms with E-state index in [9.17, 15) is 4.39 Å². The van der Waals surface area contributed by atoms with Gasteiger partial charge in [0.15, 0.2) is 0 Å². The molecule has 0 spiro atoms. The van der Waals surface area contributed by atoms with Crippen LogP contribution in [0.4, 0.5) is 4.39 Å². The van der Waals surface area contributed by atoms with Crippen molar-refractivity contribution in [3.63, 3.8) is 0 Å². The lowest BCUT2D eigenvalue weighted by atomic mass is 10.2. The predicted octanol–water partition coefficient (Wildman–Crippen LogP) is 3.59. The summed E-state index contributed by atoms with van der Waals surface area (Å²) in [5.74, 6) is 1.07. The topological polar surface area (TPSA) is 18.5 Å². The van der Waals surface area contributed by atoms with Gasteiger partial charge in [0, 0.05) is 6.07 Å². The first-order valence-electron chi connectivity index (χ1n) is 5.82. The van der Waals surface area contributed by atoms with Gasteiger partial charge in [-0.3, -0.25) is 0 Å². The fourth-order valence-corrected chi connectivity index (χ4v) is 1.50. The molecule has 0 radical (unpaired) electrons. The summed E-state index contributed by atoms with van der Waals surface area (Å²) in [6, 6.07) is 14.3. The number of hydrogen-bond donors (Lipinski definition) is 0. The molecule has 0 atom stereocenters. The van der Waals surface area contributed by atoms with Crippen LogP contribution >= 0.6 is 0 Å². The highest BCUT2D eigenvalue weighted by Crippen LogP contribution is 2.15. The summed E-state index contributed by atoms with van der Waals surface area (Å²) in [5, 5.41) is 0. The van der Waals surface area contributed by atoms with E-state index in [4.69, 9.17) is 9.47 Å². The van der Waals surface area contributed by atoms with E-state index >= 15 is 0 Å². The Labute approximate surface area is 106 Å². The van der Waals surface area contributed by atoms with Crippen molar-refractivity contribution < 1.29 is 13.9 Å². The SMILES string of the molecule is Cc1ccc(OCCOc2ccccc2)cc1F. The van der Waals surface area contributed by atoms with Gasteiger partial charge in [-0.05, 0) is 30.7 Å². The first-order valence-corrected chi connectivity index (χ1v) is 5.82. The second kappa shape index (κ2) is 6.05. The van der Waals surface area contributed by atoms with E-state index < -0.39 is 0 Å². The quantitative estimate of drug-likeness (QED) is 0.750. The predicted molar refractivity (Wildman–Crippen MR) is 68.6 cm³/mol. The highest BCUT2D eigenvalue weighted by molar-refractivity contribution is 5.28. The van der Waals surface area contributed by atoms with Crippen molar-refractivity contribution in [3.05, 3.63) is 59.9 Å². The molecule has 0 saturated heterocycles. The van der Waals surface area contributed by atoms with Crippen LogP contribution in [-0.4, -0.2) is 13.2 Å². The highest BCUT2D eigenvalue weighted by atomic mass is 19.1. The van der Waals surface area contributed by atoms with Crippen LogP contribution in [0.2, 0.25) is 0 Å². The molecule has 3 heteroatoms. The van der Waals surface area contributed by atoms with Crippen molar-refractivity contribution in [1.82, 2.24) is 0 Å². The molecular formula is C15H15FO2. The van der Waals surface area contributed by atoms with Crippen molar-refractivity contribution in [2.45, 2.75) is 6.92 Å². The minimum atomic E-state index is -0.253. The van der Waals surface area contributed by atoms with Crippen molar-refractivity contribution in [3.8, 4) is 11.5 Å². The van der Waals surface area contributed by atoms with Crippen molar-refractivity contribution in [2.75, 3.05) is 13.2 Å².